The molecule has 1 aromatic carbocycles. The van der Waals surface area contributed by atoms with E-state index in [2.05, 4.69) is 10.6 Å². The monoisotopic (exact) mass is 330 g/mol. The zero-order valence-electron chi connectivity index (χ0n) is 12.9. The van der Waals surface area contributed by atoms with Gasteiger partial charge in [0, 0.05) is 19.4 Å². The highest BCUT2D eigenvalue weighted by molar-refractivity contribution is 5.91. The van der Waals surface area contributed by atoms with Gasteiger partial charge in [-0.25, -0.2) is 4.79 Å². The van der Waals surface area contributed by atoms with Gasteiger partial charge < -0.3 is 20.2 Å². The molecule has 0 aliphatic rings. The average molecular weight is 330 g/mol. The summed E-state index contributed by atoms with van der Waals surface area (Å²) in [7, 11) is 0. The Morgan fingerprint density at radius 2 is 1.83 bits per heavy atom. The average Bonchev–Trinajstić information content (AvgIpc) is 3.09. The van der Waals surface area contributed by atoms with Gasteiger partial charge in [-0.1, -0.05) is 30.3 Å². The van der Waals surface area contributed by atoms with Crippen LogP contribution in [0.25, 0.3) is 0 Å². The Morgan fingerprint density at radius 1 is 1.08 bits per heavy atom. The summed E-state index contributed by atoms with van der Waals surface area (Å²) in [5, 5.41) is 14.2. The van der Waals surface area contributed by atoms with E-state index in [4.69, 9.17) is 4.42 Å². The Morgan fingerprint density at radius 3 is 2.46 bits per heavy atom. The van der Waals surface area contributed by atoms with Crippen molar-refractivity contribution < 1.29 is 23.9 Å². The number of amides is 2. The van der Waals surface area contributed by atoms with Gasteiger partial charge in [-0.05, 0) is 17.7 Å². The smallest absolute Gasteiger partial charge is 0.326 e. The van der Waals surface area contributed by atoms with Crippen molar-refractivity contribution in [1.29, 1.82) is 0 Å². The molecule has 1 atom stereocenters. The van der Waals surface area contributed by atoms with Crippen LogP contribution in [0.3, 0.4) is 0 Å². The van der Waals surface area contributed by atoms with Crippen molar-refractivity contribution in [3.8, 4) is 0 Å². The molecule has 0 saturated heterocycles. The van der Waals surface area contributed by atoms with Gasteiger partial charge in [0.2, 0.25) is 5.91 Å². The lowest BCUT2D eigenvalue weighted by Crippen LogP contribution is -2.43. The van der Waals surface area contributed by atoms with Crippen LogP contribution in [0.5, 0.6) is 0 Å². The zero-order valence-corrected chi connectivity index (χ0v) is 12.9. The molecule has 0 bridgehead atoms. The summed E-state index contributed by atoms with van der Waals surface area (Å²) >= 11 is 0. The number of rotatable bonds is 8. The molecule has 3 N–H and O–H groups in total. The van der Waals surface area contributed by atoms with E-state index in [1.54, 1.807) is 30.3 Å². The number of benzene rings is 1. The fraction of sp³-hybridized carbons (Fsp3) is 0.235. The van der Waals surface area contributed by atoms with E-state index in [1.165, 1.54) is 12.3 Å². The van der Waals surface area contributed by atoms with E-state index in [1.807, 2.05) is 6.07 Å². The summed E-state index contributed by atoms with van der Waals surface area (Å²) in [5.74, 6) is -1.82. The quantitative estimate of drug-likeness (QED) is 0.674. The number of hydrogen-bond acceptors (Lipinski definition) is 4. The van der Waals surface area contributed by atoms with Crippen LogP contribution in [0.2, 0.25) is 0 Å². The van der Waals surface area contributed by atoms with Crippen molar-refractivity contribution in [3.05, 3.63) is 60.1 Å². The van der Waals surface area contributed by atoms with E-state index in [0.29, 0.717) is 0 Å². The Hall–Kier alpha value is -3.09. The third-order valence-electron chi connectivity index (χ3n) is 3.30. The topological polar surface area (TPSA) is 109 Å². The van der Waals surface area contributed by atoms with Crippen LogP contribution >= 0.6 is 0 Å². The molecule has 126 valence electrons. The zero-order chi connectivity index (χ0) is 17.4. The number of furan rings is 1. The molecule has 7 heteroatoms. The predicted octanol–water partition coefficient (Wildman–Crippen LogP) is 1.21. The molecule has 7 nitrogen and oxygen atoms in total. The van der Waals surface area contributed by atoms with Gasteiger partial charge in [-0.3, -0.25) is 9.59 Å². The number of carboxylic acids is 1. The number of aliphatic carboxylic acids is 1. The summed E-state index contributed by atoms with van der Waals surface area (Å²) in [6, 6.07) is 11.1. The van der Waals surface area contributed by atoms with Crippen LogP contribution in [-0.2, 0) is 16.0 Å². The van der Waals surface area contributed by atoms with Crippen LogP contribution < -0.4 is 10.6 Å². The third-order valence-corrected chi connectivity index (χ3v) is 3.30. The minimum absolute atomic E-state index is 0.0228. The van der Waals surface area contributed by atoms with Crippen LogP contribution in [0.15, 0.2) is 53.1 Å². The lowest BCUT2D eigenvalue weighted by molar-refractivity contribution is -0.141. The number of carboxylic acid groups (broad SMARTS) is 1. The molecule has 1 aromatic heterocycles. The van der Waals surface area contributed by atoms with Gasteiger partial charge >= 0.3 is 5.97 Å². The standard InChI is InChI=1S/C17H18N2O5/c20-15(8-9-18-16(21)14-7-4-10-24-14)19-13(17(22)23)11-12-5-2-1-3-6-12/h1-7,10,13H,8-9,11H2,(H,18,21)(H,19,20)(H,22,23)/t13-/m1/s1. The second-order valence-corrected chi connectivity index (χ2v) is 5.13. The van der Waals surface area contributed by atoms with Crippen molar-refractivity contribution in [2.24, 2.45) is 0 Å². The summed E-state index contributed by atoms with van der Waals surface area (Å²) < 4.78 is 4.92. The van der Waals surface area contributed by atoms with Crippen LogP contribution in [-0.4, -0.2) is 35.5 Å². The van der Waals surface area contributed by atoms with Crippen LogP contribution in [0.4, 0.5) is 0 Å². The predicted molar refractivity (Wildman–Crippen MR) is 85.4 cm³/mol. The van der Waals surface area contributed by atoms with Gasteiger partial charge in [-0.15, -0.1) is 0 Å². The molecular weight excluding hydrogens is 312 g/mol. The van der Waals surface area contributed by atoms with Crippen molar-refractivity contribution in [3.63, 3.8) is 0 Å². The van der Waals surface area contributed by atoms with E-state index in [0.717, 1.165) is 5.56 Å². The van der Waals surface area contributed by atoms with E-state index in [-0.39, 0.29) is 25.1 Å². The van der Waals surface area contributed by atoms with E-state index >= 15 is 0 Å². The highest BCUT2D eigenvalue weighted by Gasteiger charge is 2.20. The second kappa shape index (κ2) is 8.52. The first kappa shape index (κ1) is 17.3. The molecule has 1 heterocycles. The molecule has 2 amide bonds. The molecule has 0 spiro atoms. The molecule has 0 fully saturated rings. The largest absolute Gasteiger partial charge is 0.480 e. The lowest BCUT2D eigenvalue weighted by atomic mass is 10.1. The number of carbonyl (C=O) groups is 3. The molecule has 0 aliphatic heterocycles. The first-order valence-corrected chi connectivity index (χ1v) is 7.44. The molecule has 24 heavy (non-hydrogen) atoms. The highest BCUT2D eigenvalue weighted by atomic mass is 16.4. The molecular formula is C17H18N2O5. The molecule has 2 aromatic rings. The van der Waals surface area contributed by atoms with Crippen LogP contribution in [0, 0.1) is 0 Å². The van der Waals surface area contributed by atoms with Crippen molar-refractivity contribution in [2.45, 2.75) is 18.9 Å². The van der Waals surface area contributed by atoms with Gasteiger partial charge in [0.1, 0.15) is 6.04 Å². The SMILES string of the molecule is O=C(CCNC(=O)c1ccco1)N[C@H](Cc1ccccc1)C(=O)O. The van der Waals surface area contributed by atoms with Crippen LogP contribution in [0.1, 0.15) is 22.5 Å². The molecule has 0 aliphatic carbocycles. The number of nitrogens with one attached hydrogen (secondary N) is 2. The van der Waals surface area contributed by atoms with Gasteiger partial charge in [0.05, 0.1) is 6.26 Å². The summed E-state index contributed by atoms with van der Waals surface area (Å²) in [4.78, 5) is 34.8. The summed E-state index contributed by atoms with van der Waals surface area (Å²) in [5.41, 5.74) is 0.816. The molecule has 0 unspecified atom stereocenters. The minimum Gasteiger partial charge on any atom is -0.480 e. The van der Waals surface area contributed by atoms with E-state index in [9.17, 15) is 19.5 Å². The molecule has 0 saturated carbocycles. The Balaban J connectivity index is 1.78. The third kappa shape index (κ3) is 5.28. The maximum absolute atomic E-state index is 11.9. The molecule has 2 rings (SSSR count). The minimum atomic E-state index is -1.10. The summed E-state index contributed by atoms with van der Waals surface area (Å²) in [6.07, 6.45) is 1.55. The van der Waals surface area contributed by atoms with Gasteiger partial charge in [0.15, 0.2) is 5.76 Å². The van der Waals surface area contributed by atoms with Crippen molar-refractivity contribution in [1.82, 2.24) is 10.6 Å². The Kier molecular flexibility index (Phi) is 6.13. The Labute approximate surface area is 138 Å². The first-order valence-electron chi connectivity index (χ1n) is 7.44. The fourth-order valence-corrected chi connectivity index (χ4v) is 2.10. The maximum Gasteiger partial charge on any atom is 0.326 e. The van der Waals surface area contributed by atoms with Gasteiger partial charge in [-0.2, -0.15) is 0 Å². The lowest BCUT2D eigenvalue weighted by Gasteiger charge is -2.14. The highest BCUT2D eigenvalue weighted by Crippen LogP contribution is 2.04. The van der Waals surface area contributed by atoms with Crippen molar-refractivity contribution in [2.75, 3.05) is 6.54 Å². The maximum atomic E-state index is 11.9. The first-order chi connectivity index (χ1) is 11.6. The van der Waals surface area contributed by atoms with Gasteiger partial charge in [0.25, 0.3) is 5.91 Å². The number of carbonyl (C=O) groups excluding carboxylic acids is 2. The molecule has 0 radical (unpaired) electrons. The Bertz CT molecular complexity index is 682. The fourth-order valence-electron chi connectivity index (χ4n) is 2.10. The van der Waals surface area contributed by atoms with Crippen molar-refractivity contribution >= 4 is 17.8 Å². The second-order valence-electron chi connectivity index (χ2n) is 5.13. The van der Waals surface area contributed by atoms with E-state index < -0.39 is 23.8 Å². The normalized spacial score (nSPS) is 11.5. The number of hydrogen-bond donors (Lipinski definition) is 3. The summed E-state index contributed by atoms with van der Waals surface area (Å²) in [6.45, 7) is 0.0864.